The van der Waals surface area contributed by atoms with Gasteiger partial charge < -0.3 is 15.0 Å². The van der Waals surface area contributed by atoms with E-state index in [1.807, 2.05) is 11.0 Å². The first-order valence-corrected chi connectivity index (χ1v) is 9.20. The van der Waals surface area contributed by atoms with E-state index >= 15 is 0 Å². The van der Waals surface area contributed by atoms with Crippen LogP contribution in [0.15, 0.2) is 18.2 Å². The molecule has 2 heterocycles. The zero-order chi connectivity index (χ0) is 16.9. The number of nitrogens with zero attached hydrogens (tertiary/aromatic N) is 2. The van der Waals surface area contributed by atoms with Crippen molar-refractivity contribution < 1.29 is 9.53 Å². The Labute approximate surface area is 152 Å². The topological polar surface area (TPSA) is 44.8 Å². The summed E-state index contributed by atoms with van der Waals surface area (Å²) in [6.45, 7) is 6.04. The maximum absolute atomic E-state index is 12.2. The lowest BCUT2D eigenvalue weighted by Gasteiger charge is -2.28. The van der Waals surface area contributed by atoms with Crippen molar-refractivity contribution in [3.63, 3.8) is 0 Å². The van der Waals surface area contributed by atoms with E-state index in [1.54, 1.807) is 12.1 Å². The van der Waals surface area contributed by atoms with E-state index < -0.39 is 0 Å². The number of carbonyl (C=O) groups excluding carboxylic acids is 1. The second kappa shape index (κ2) is 8.39. The number of piperazine rings is 1. The van der Waals surface area contributed by atoms with Crippen LogP contribution in [0.3, 0.4) is 0 Å². The number of rotatable bonds is 5. The molecule has 2 aliphatic rings. The summed E-state index contributed by atoms with van der Waals surface area (Å²) in [6, 6.07) is 5.34. The lowest BCUT2D eigenvalue weighted by atomic mass is 10.3. The third-order valence-electron chi connectivity index (χ3n) is 4.53. The summed E-state index contributed by atoms with van der Waals surface area (Å²) in [5.74, 6) is 0.999. The van der Waals surface area contributed by atoms with E-state index in [4.69, 9.17) is 27.9 Å². The van der Waals surface area contributed by atoms with Gasteiger partial charge in [-0.1, -0.05) is 23.2 Å². The molecule has 1 aromatic rings. The van der Waals surface area contributed by atoms with Crippen molar-refractivity contribution in [1.82, 2.24) is 15.1 Å². The Bertz CT molecular complexity index is 579. The van der Waals surface area contributed by atoms with Crippen molar-refractivity contribution in [2.75, 3.05) is 45.8 Å². The average molecular weight is 372 g/mol. The third-order valence-corrected chi connectivity index (χ3v) is 5.27. The third kappa shape index (κ3) is 4.76. The van der Waals surface area contributed by atoms with Gasteiger partial charge in [-0.15, -0.1) is 0 Å². The largest absolute Gasteiger partial charge is 0.489 e. The van der Waals surface area contributed by atoms with E-state index in [0.29, 0.717) is 16.5 Å². The monoisotopic (exact) mass is 371 g/mol. The number of benzene rings is 1. The van der Waals surface area contributed by atoms with Crippen molar-refractivity contribution in [2.45, 2.75) is 18.9 Å². The van der Waals surface area contributed by atoms with Crippen LogP contribution in [0, 0.1) is 0 Å². The van der Waals surface area contributed by atoms with Gasteiger partial charge in [-0.3, -0.25) is 9.69 Å². The van der Waals surface area contributed by atoms with Crippen LogP contribution in [0.1, 0.15) is 12.8 Å². The van der Waals surface area contributed by atoms with Crippen molar-refractivity contribution in [3.8, 4) is 5.75 Å². The van der Waals surface area contributed by atoms with E-state index in [2.05, 4.69) is 10.2 Å². The van der Waals surface area contributed by atoms with Gasteiger partial charge in [0.15, 0.2) is 0 Å². The fraction of sp³-hybridized carbons (Fsp3) is 0.588. The first-order chi connectivity index (χ1) is 11.6. The number of hydrogen-bond donors (Lipinski definition) is 1. The van der Waals surface area contributed by atoms with Crippen molar-refractivity contribution in [2.24, 2.45) is 0 Å². The standard InChI is InChI=1S/C17H23Cl2N3O2/c18-15-2-1-13(11-16(15)19)24-14-3-7-21(12-14)8-4-17(23)22-9-5-20-6-10-22/h1-2,11,14,20H,3-10,12H2. The number of carbonyl (C=O) groups is 1. The maximum atomic E-state index is 12.2. The molecule has 0 radical (unpaired) electrons. The Morgan fingerprint density at radius 3 is 2.75 bits per heavy atom. The van der Waals surface area contributed by atoms with Gasteiger partial charge in [0.2, 0.25) is 5.91 Å². The second-order valence-corrected chi connectivity index (χ2v) is 7.10. The molecule has 0 spiro atoms. The Morgan fingerprint density at radius 2 is 2.00 bits per heavy atom. The molecular formula is C17H23Cl2N3O2. The van der Waals surface area contributed by atoms with Crippen LogP contribution in [-0.4, -0.2) is 67.6 Å². The van der Waals surface area contributed by atoms with Gasteiger partial charge in [0.05, 0.1) is 10.0 Å². The van der Waals surface area contributed by atoms with Crippen molar-refractivity contribution in [3.05, 3.63) is 28.2 Å². The molecular weight excluding hydrogens is 349 g/mol. The summed E-state index contributed by atoms with van der Waals surface area (Å²) in [4.78, 5) is 16.5. The Balaban J connectivity index is 1.41. The lowest BCUT2D eigenvalue weighted by molar-refractivity contribution is -0.132. The summed E-state index contributed by atoms with van der Waals surface area (Å²) in [5.41, 5.74) is 0. The normalized spacial score (nSPS) is 21.9. The summed E-state index contributed by atoms with van der Waals surface area (Å²) in [6.07, 6.45) is 1.68. The molecule has 5 nitrogen and oxygen atoms in total. The number of hydrogen-bond acceptors (Lipinski definition) is 4. The first kappa shape index (κ1) is 17.8. The molecule has 0 saturated carbocycles. The van der Waals surface area contributed by atoms with Gasteiger partial charge >= 0.3 is 0 Å². The van der Waals surface area contributed by atoms with Gasteiger partial charge in [-0.05, 0) is 18.6 Å². The molecule has 1 unspecified atom stereocenters. The molecule has 132 valence electrons. The Kier molecular flexibility index (Phi) is 6.22. The number of halogens is 2. The maximum Gasteiger partial charge on any atom is 0.223 e. The van der Waals surface area contributed by atoms with Crippen LogP contribution in [-0.2, 0) is 4.79 Å². The van der Waals surface area contributed by atoms with Gasteiger partial charge in [-0.2, -0.15) is 0 Å². The molecule has 0 aliphatic carbocycles. The molecule has 2 fully saturated rings. The number of ether oxygens (including phenoxy) is 1. The highest BCUT2D eigenvalue weighted by Gasteiger charge is 2.25. The number of nitrogens with one attached hydrogen (secondary N) is 1. The Hall–Kier alpha value is -1.01. The summed E-state index contributed by atoms with van der Waals surface area (Å²) < 4.78 is 5.98. The van der Waals surface area contributed by atoms with Crippen molar-refractivity contribution in [1.29, 1.82) is 0 Å². The van der Waals surface area contributed by atoms with E-state index in [0.717, 1.165) is 58.0 Å². The predicted molar refractivity (Wildman–Crippen MR) is 96.0 cm³/mol. The lowest BCUT2D eigenvalue weighted by Crippen LogP contribution is -2.47. The molecule has 1 amide bonds. The molecule has 2 aliphatic heterocycles. The molecule has 1 N–H and O–H groups in total. The quantitative estimate of drug-likeness (QED) is 0.862. The highest BCUT2D eigenvalue weighted by atomic mass is 35.5. The Morgan fingerprint density at radius 1 is 1.21 bits per heavy atom. The predicted octanol–water partition coefficient (Wildman–Crippen LogP) is 2.27. The van der Waals surface area contributed by atoms with E-state index in [-0.39, 0.29) is 12.0 Å². The molecule has 24 heavy (non-hydrogen) atoms. The van der Waals surface area contributed by atoms with Crippen LogP contribution < -0.4 is 10.1 Å². The average Bonchev–Trinajstić information content (AvgIpc) is 3.04. The fourth-order valence-electron chi connectivity index (χ4n) is 3.17. The molecule has 7 heteroatoms. The highest BCUT2D eigenvalue weighted by Crippen LogP contribution is 2.28. The summed E-state index contributed by atoms with van der Waals surface area (Å²) >= 11 is 11.9. The molecule has 3 rings (SSSR count). The molecule has 2 saturated heterocycles. The molecule has 0 aromatic heterocycles. The SMILES string of the molecule is O=C(CCN1CCC(Oc2ccc(Cl)c(Cl)c2)C1)N1CCNCC1. The van der Waals surface area contributed by atoms with Gasteiger partial charge in [0, 0.05) is 58.3 Å². The van der Waals surface area contributed by atoms with Crippen molar-refractivity contribution >= 4 is 29.1 Å². The molecule has 0 bridgehead atoms. The molecule has 1 atom stereocenters. The van der Waals surface area contributed by atoms with Crippen LogP contribution in [0.2, 0.25) is 10.0 Å². The van der Waals surface area contributed by atoms with Crippen LogP contribution in [0.4, 0.5) is 0 Å². The number of likely N-dealkylation sites (tertiary alicyclic amines) is 1. The minimum Gasteiger partial charge on any atom is -0.489 e. The first-order valence-electron chi connectivity index (χ1n) is 8.44. The van der Waals surface area contributed by atoms with Gasteiger partial charge in [0.1, 0.15) is 11.9 Å². The summed E-state index contributed by atoms with van der Waals surface area (Å²) in [5, 5.41) is 4.30. The minimum absolute atomic E-state index is 0.136. The minimum atomic E-state index is 0.136. The second-order valence-electron chi connectivity index (χ2n) is 6.29. The molecule has 1 aromatic carbocycles. The number of amides is 1. The van der Waals surface area contributed by atoms with Gasteiger partial charge in [0.25, 0.3) is 0 Å². The zero-order valence-electron chi connectivity index (χ0n) is 13.6. The van der Waals surface area contributed by atoms with Crippen LogP contribution in [0.5, 0.6) is 5.75 Å². The van der Waals surface area contributed by atoms with Crippen LogP contribution >= 0.6 is 23.2 Å². The fourth-order valence-corrected chi connectivity index (χ4v) is 3.45. The van der Waals surface area contributed by atoms with E-state index in [1.165, 1.54) is 0 Å². The van der Waals surface area contributed by atoms with Crippen LogP contribution in [0.25, 0.3) is 0 Å². The highest BCUT2D eigenvalue weighted by molar-refractivity contribution is 6.42. The smallest absolute Gasteiger partial charge is 0.223 e. The zero-order valence-corrected chi connectivity index (χ0v) is 15.2. The van der Waals surface area contributed by atoms with E-state index in [9.17, 15) is 4.79 Å². The van der Waals surface area contributed by atoms with Gasteiger partial charge in [-0.25, -0.2) is 0 Å². The summed E-state index contributed by atoms with van der Waals surface area (Å²) in [7, 11) is 0.